The van der Waals surface area contributed by atoms with E-state index in [2.05, 4.69) is 26.0 Å². The van der Waals surface area contributed by atoms with Crippen molar-refractivity contribution in [2.45, 2.75) is 27.2 Å². The van der Waals surface area contributed by atoms with Gasteiger partial charge in [0.2, 0.25) is 0 Å². The second-order valence-electron chi connectivity index (χ2n) is 3.89. The van der Waals surface area contributed by atoms with Crippen molar-refractivity contribution in [3.8, 4) is 0 Å². The fourth-order valence-corrected chi connectivity index (χ4v) is 1.29. The van der Waals surface area contributed by atoms with Crippen molar-refractivity contribution in [3.63, 3.8) is 0 Å². The highest BCUT2D eigenvalue weighted by molar-refractivity contribution is 5.61. The molecule has 0 amide bonds. The molecule has 0 heterocycles. The summed E-state index contributed by atoms with van der Waals surface area (Å²) in [5, 5.41) is 0. The minimum atomic E-state index is 0.767. The quantitative estimate of drug-likeness (QED) is 0.556. The Bertz CT molecular complexity index is 361. The Labute approximate surface area is 85.6 Å². The van der Waals surface area contributed by atoms with Crippen LogP contribution in [0.4, 0.5) is 11.4 Å². The van der Waals surface area contributed by atoms with Crippen molar-refractivity contribution in [3.05, 3.63) is 34.9 Å². The summed E-state index contributed by atoms with van der Waals surface area (Å²) in [6.45, 7) is 6.17. The first-order chi connectivity index (χ1) is 6.50. The molecule has 0 fully saturated rings. The number of aryl methyl sites for hydroxylation is 1. The summed E-state index contributed by atoms with van der Waals surface area (Å²) in [5.74, 6) is 0. The van der Waals surface area contributed by atoms with E-state index in [-0.39, 0.29) is 0 Å². The van der Waals surface area contributed by atoms with Crippen molar-refractivity contribution < 1.29 is 0 Å². The Morgan fingerprint density at radius 1 is 1.21 bits per heavy atom. The van der Waals surface area contributed by atoms with Gasteiger partial charge in [-0.1, -0.05) is 17.7 Å². The van der Waals surface area contributed by atoms with Crippen LogP contribution in [0.15, 0.2) is 23.8 Å². The average Bonchev–Trinajstić information content (AvgIpc) is 2.09. The van der Waals surface area contributed by atoms with Gasteiger partial charge in [-0.15, -0.1) is 0 Å². The van der Waals surface area contributed by atoms with Crippen molar-refractivity contribution in [1.29, 1.82) is 0 Å². The van der Waals surface area contributed by atoms with Crippen LogP contribution in [0.5, 0.6) is 0 Å². The molecule has 14 heavy (non-hydrogen) atoms. The second-order valence-corrected chi connectivity index (χ2v) is 3.89. The summed E-state index contributed by atoms with van der Waals surface area (Å²) < 4.78 is 0. The fourth-order valence-electron chi connectivity index (χ4n) is 1.29. The molecule has 0 aliphatic rings. The van der Waals surface area contributed by atoms with E-state index in [4.69, 9.17) is 11.5 Å². The first-order valence-electron chi connectivity index (χ1n) is 4.78. The first kappa shape index (κ1) is 10.6. The van der Waals surface area contributed by atoms with E-state index < -0.39 is 0 Å². The molecule has 76 valence electrons. The number of nitrogens with two attached hydrogens (primary N) is 2. The first-order valence-corrected chi connectivity index (χ1v) is 4.78. The Balaban J connectivity index is 2.98. The van der Waals surface area contributed by atoms with Gasteiger partial charge in [-0.2, -0.15) is 0 Å². The summed E-state index contributed by atoms with van der Waals surface area (Å²) in [5.41, 5.74) is 16.7. The van der Waals surface area contributed by atoms with Gasteiger partial charge in [0, 0.05) is 11.4 Å². The molecule has 0 aliphatic carbocycles. The molecule has 0 aromatic heterocycles. The molecule has 1 aromatic rings. The summed E-state index contributed by atoms with van der Waals surface area (Å²) in [7, 11) is 0. The number of rotatable bonds is 2. The van der Waals surface area contributed by atoms with Gasteiger partial charge >= 0.3 is 0 Å². The largest absolute Gasteiger partial charge is 0.398 e. The minimum absolute atomic E-state index is 0.767. The van der Waals surface area contributed by atoms with E-state index in [1.165, 1.54) is 5.57 Å². The minimum Gasteiger partial charge on any atom is -0.398 e. The van der Waals surface area contributed by atoms with Gasteiger partial charge in [0.05, 0.1) is 0 Å². The third-order valence-electron chi connectivity index (χ3n) is 2.26. The highest BCUT2D eigenvalue weighted by Crippen LogP contribution is 2.21. The molecule has 0 spiro atoms. The van der Waals surface area contributed by atoms with Crippen LogP contribution in [0.3, 0.4) is 0 Å². The molecule has 0 unspecified atom stereocenters. The molecule has 0 saturated heterocycles. The van der Waals surface area contributed by atoms with Gasteiger partial charge in [0.15, 0.2) is 0 Å². The number of hydrogen-bond acceptors (Lipinski definition) is 2. The Morgan fingerprint density at radius 3 is 2.43 bits per heavy atom. The van der Waals surface area contributed by atoms with Gasteiger partial charge in [-0.3, -0.25) is 0 Å². The smallest absolute Gasteiger partial charge is 0.0370 e. The van der Waals surface area contributed by atoms with Gasteiger partial charge in [-0.25, -0.2) is 0 Å². The van der Waals surface area contributed by atoms with E-state index in [0.717, 1.165) is 28.9 Å². The lowest BCUT2D eigenvalue weighted by molar-refractivity contribution is 1.21. The molecule has 0 aliphatic heterocycles. The van der Waals surface area contributed by atoms with Crippen LogP contribution in [-0.2, 0) is 6.42 Å². The molecule has 2 heteroatoms. The Hall–Kier alpha value is -1.44. The maximum atomic E-state index is 5.87. The monoisotopic (exact) mass is 190 g/mol. The van der Waals surface area contributed by atoms with Gasteiger partial charge < -0.3 is 11.5 Å². The van der Waals surface area contributed by atoms with Gasteiger partial charge in [-0.05, 0) is 44.4 Å². The molecule has 2 nitrogen and oxygen atoms in total. The SMILES string of the molecule is CC(C)=CCc1cc(C)c(N)cc1N. The lowest BCUT2D eigenvalue weighted by Gasteiger charge is -2.07. The number of hydrogen-bond donors (Lipinski definition) is 2. The zero-order valence-corrected chi connectivity index (χ0v) is 9.09. The normalized spacial score (nSPS) is 9.93. The van der Waals surface area contributed by atoms with Crippen LogP contribution in [0.25, 0.3) is 0 Å². The van der Waals surface area contributed by atoms with E-state index in [1.807, 2.05) is 13.0 Å². The molecule has 1 aromatic carbocycles. The zero-order valence-electron chi connectivity index (χ0n) is 9.09. The van der Waals surface area contributed by atoms with E-state index in [1.54, 1.807) is 0 Å². The molecule has 1 rings (SSSR count). The van der Waals surface area contributed by atoms with E-state index in [9.17, 15) is 0 Å². The molecule has 0 saturated carbocycles. The van der Waals surface area contributed by atoms with Crippen LogP contribution in [-0.4, -0.2) is 0 Å². The van der Waals surface area contributed by atoms with Crippen molar-refractivity contribution in [2.24, 2.45) is 0 Å². The lowest BCUT2D eigenvalue weighted by atomic mass is 10.0. The van der Waals surface area contributed by atoms with Gasteiger partial charge in [0.1, 0.15) is 0 Å². The van der Waals surface area contributed by atoms with E-state index >= 15 is 0 Å². The second kappa shape index (κ2) is 4.18. The molecule has 4 N–H and O–H groups in total. The fraction of sp³-hybridized carbons (Fsp3) is 0.333. The number of allylic oxidation sites excluding steroid dienone is 2. The van der Waals surface area contributed by atoms with Crippen LogP contribution in [0.2, 0.25) is 0 Å². The lowest BCUT2D eigenvalue weighted by Crippen LogP contribution is -1.98. The van der Waals surface area contributed by atoms with Crippen molar-refractivity contribution in [2.75, 3.05) is 11.5 Å². The number of anilines is 2. The summed E-state index contributed by atoms with van der Waals surface area (Å²) in [4.78, 5) is 0. The van der Waals surface area contributed by atoms with Crippen LogP contribution < -0.4 is 11.5 Å². The molecular weight excluding hydrogens is 172 g/mol. The number of nitrogen functional groups attached to an aromatic ring is 2. The maximum Gasteiger partial charge on any atom is 0.0370 e. The predicted molar refractivity (Wildman–Crippen MR) is 63.1 cm³/mol. The summed E-state index contributed by atoms with van der Waals surface area (Å²) in [6, 6.07) is 3.90. The highest BCUT2D eigenvalue weighted by atomic mass is 14.6. The van der Waals surface area contributed by atoms with Gasteiger partial charge in [0.25, 0.3) is 0 Å². The molecule has 0 radical (unpaired) electrons. The summed E-state index contributed by atoms with van der Waals surface area (Å²) >= 11 is 0. The van der Waals surface area contributed by atoms with Crippen molar-refractivity contribution >= 4 is 11.4 Å². The molecular formula is C12H18N2. The third-order valence-corrected chi connectivity index (χ3v) is 2.26. The molecule has 0 atom stereocenters. The van der Waals surface area contributed by atoms with Crippen LogP contribution in [0, 0.1) is 6.92 Å². The predicted octanol–water partition coefficient (Wildman–Crippen LogP) is 2.67. The zero-order chi connectivity index (χ0) is 10.7. The average molecular weight is 190 g/mol. The third kappa shape index (κ3) is 2.52. The van der Waals surface area contributed by atoms with Crippen molar-refractivity contribution in [1.82, 2.24) is 0 Å². The summed E-state index contributed by atoms with van der Waals surface area (Å²) in [6.07, 6.45) is 3.05. The van der Waals surface area contributed by atoms with Crippen LogP contribution in [0.1, 0.15) is 25.0 Å². The topological polar surface area (TPSA) is 52.0 Å². The van der Waals surface area contributed by atoms with Crippen LogP contribution >= 0.6 is 0 Å². The van der Waals surface area contributed by atoms with E-state index in [0.29, 0.717) is 0 Å². The standard InChI is InChI=1S/C12H18N2/c1-8(2)4-5-10-6-9(3)11(13)7-12(10)14/h4,6-7H,5,13-14H2,1-3H3. The number of benzene rings is 1. The highest BCUT2D eigenvalue weighted by Gasteiger charge is 2.01. The Morgan fingerprint density at radius 2 is 1.86 bits per heavy atom. The Kier molecular flexibility index (Phi) is 3.18. The molecule has 0 bridgehead atoms. The maximum absolute atomic E-state index is 5.87.